The fourth-order valence-corrected chi connectivity index (χ4v) is 3.19. The summed E-state index contributed by atoms with van der Waals surface area (Å²) in [4.78, 5) is 24.0. The summed E-state index contributed by atoms with van der Waals surface area (Å²) >= 11 is 0. The Morgan fingerprint density at radius 1 is 1.00 bits per heavy atom. The van der Waals surface area contributed by atoms with E-state index in [0.717, 1.165) is 12.8 Å². The Bertz CT molecular complexity index is 846. The van der Waals surface area contributed by atoms with Gasteiger partial charge in [0.05, 0.1) is 25.5 Å². The summed E-state index contributed by atoms with van der Waals surface area (Å²) in [5.74, 6) is 0.303. The Hall–Kier alpha value is -3.02. The topological polar surface area (TPSA) is 73.9 Å². The predicted molar refractivity (Wildman–Crippen MR) is 102 cm³/mol. The van der Waals surface area contributed by atoms with Crippen molar-refractivity contribution in [3.8, 4) is 11.5 Å². The number of carbonyl (C=O) groups is 2. The van der Waals surface area contributed by atoms with Crippen molar-refractivity contribution >= 4 is 17.6 Å². The smallest absolute Gasteiger partial charge is 0.337 e. The van der Waals surface area contributed by atoms with Crippen LogP contribution in [-0.4, -0.2) is 32.7 Å². The van der Waals surface area contributed by atoms with Gasteiger partial charge in [0.15, 0.2) is 6.61 Å². The molecule has 0 heterocycles. The van der Waals surface area contributed by atoms with Gasteiger partial charge in [-0.2, -0.15) is 0 Å². The van der Waals surface area contributed by atoms with Crippen LogP contribution in [0.15, 0.2) is 36.4 Å². The SMILES string of the molecule is COC(=O)c1ccc(OC)c(NC(=O)COc2ccc3c(c2)CCCC3)c1. The summed E-state index contributed by atoms with van der Waals surface area (Å²) in [6, 6.07) is 10.7. The van der Waals surface area contributed by atoms with Crippen molar-refractivity contribution in [2.75, 3.05) is 26.1 Å². The minimum absolute atomic E-state index is 0.135. The lowest BCUT2D eigenvalue weighted by atomic mass is 9.92. The number of nitrogens with one attached hydrogen (secondary N) is 1. The van der Waals surface area contributed by atoms with Crippen LogP contribution in [0.2, 0.25) is 0 Å². The van der Waals surface area contributed by atoms with Crippen LogP contribution in [0, 0.1) is 0 Å². The van der Waals surface area contributed by atoms with Gasteiger partial charge in [0.1, 0.15) is 11.5 Å². The zero-order chi connectivity index (χ0) is 19.2. The van der Waals surface area contributed by atoms with E-state index in [1.807, 2.05) is 12.1 Å². The first-order valence-corrected chi connectivity index (χ1v) is 8.91. The largest absolute Gasteiger partial charge is 0.495 e. The summed E-state index contributed by atoms with van der Waals surface area (Å²) in [5, 5.41) is 2.72. The number of fused-ring (bicyclic) bond motifs is 1. The summed E-state index contributed by atoms with van der Waals surface area (Å²) in [5.41, 5.74) is 3.37. The van der Waals surface area contributed by atoms with Gasteiger partial charge < -0.3 is 19.5 Å². The molecule has 27 heavy (non-hydrogen) atoms. The average Bonchev–Trinajstić information content (AvgIpc) is 2.71. The zero-order valence-electron chi connectivity index (χ0n) is 15.5. The molecule has 3 rings (SSSR count). The minimum Gasteiger partial charge on any atom is -0.495 e. The second-order valence-electron chi connectivity index (χ2n) is 6.38. The van der Waals surface area contributed by atoms with Gasteiger partial charge in [0.2, 0.25) is 0 Å². The minimum atomic E-state index is -0.488. The normalized spacial score (nSPS) is 12.7. The molecule has 0 saturated carbocycles. The fourth-order valence-electron chi connectivity index (χ4n) is 3.19. The molecular formula is C21H23NO5. The Kier molecular flexibility index (Phi) is 5.96. The number of benzene rings is 2. The molecule has 6 nitrogen and oxygen atoms in total. The van der Waals surface area contributed by atoms with Crippen molar-refractivity contribution in [3.05, 3.63) is 53.1 Å². The van der Waals surface area contributed by atoms with E-state index < -0.39 is 5.97 Å². The van der Waals surface area contributed by atoms with E-state index >= 15 is 0 Å². The molecule has 0 bridgehead atoms. The number of anilines is 1. The van der Waals surface area contributed by atoms with E-state index in [0.29, 0.717) is 22.7 Å². The third kappa shape index (κ3) is 4.58. The van der Waals surface area contributed by atoms with Crippen LogP contribution in [0.1, 0.15) is 34.3 Å². The highest BCUT2D eigenvalue weighted by Crippen LogP contribution is 2.27. The number of esters is 1. The number of methoxy groups -OCH3 is 2. The number of amides is 1. The van der Waals surface area contributed by atoms with Crippen molar-refractivity contribution in [3.63, 3.8) is 0 Å². The maximum Gasteiger partial charge on any atom is 0.337 e. The number of aryl methyl sites for hydroxylation is 2. The van der Waals surface area contributed by atoms with E-state index in [9.17, 15) is 9.59 Å². The maximum absolute atomic E-state index is 12.3. The van der Waals surface area contributed by atoms with Crippen molar-refractivity contribution in [1.82, 2.24) is 0 Å². The first-order valence-electron chi connectivity index (χ1n) is 8.91. The first-order chi connectivity index (χ1) is 13.1. The van der Waals surface area contributed by atoms with Crippen molar-refractivity contribution in [2.24, 2.45) is 0 Å². The molecule has 2 aromatic carbocycles. The van der Waals surface area contributed by atoms with Gasteiger partial charge in [0, 0.05) is 0 Å². The van der Waals surface area contributed by atoms with Crippen molar-refractivity contribution in [2.45, 2.75) is 25.7 Å². The Labute approximate surface area is 158 Å². The quantitative estimate of drug-likeness (QED) is 0.790. The lowest BCUT2D eigenvalue weighted by Gasteiger charge is -2.17. The van der Waals surface area contributed by atoms with Gasteiger partial charge in [0.25, 0.3) is 5.91 Å². The average molecular weight is 369 g/mol. The molecule has 142 valence electrons. The second kappa shape index (κ2) is 8.58. The van der Waals surface area contributed by atoms with Crippen molar-refractivity contribution < 1.29 is 23.8 Å². The van der Waals surface area contributed by atoms with Gasteiger partial charge in [-0.25, -0.2) is 4.79 Å². The monoisotopic (exact) mass is 369 g/mol. The van der Waals surface area contributed by atoms with E-state index in [4.69, 9.17) is 14.2 Å². The lowest BCUT2D eigenvalue weighted by molar-refractivity contribution is -0.118. The molecule has 0 saturated heterocycles. The predicted octanol–water partition coefficient (Wildman–Crippen LogP) is 3.38. The van der Waals surface area contributed by atoms with Crippen LogP contribution in [-0.2, 0) is 22.4 Å². The maximum atomic E-state index is 12.3. The molecule has 0 aromatic heterocycles. The molecule has 1 aliphatic rings. The fraction of sp³-hybridized carbons (Fsp3) is 0.333. The third-order valence-corrected chi connectivity index (χ3v) is 4.58. The molecule has 6 heteroatoms. The van der Waals surface area contributed by atoms with Gasteiger partial charge in [-0.1, -0.05) is 6.07 Å². The van der Waals surface area contributed by atoms with Gasteiger partial charge in [-0.15, -0.1) is 0 Å². The molecule has 1 amide bonds. The van der Waals surface area contributed by atoms with Crippen LogP contribution >= 0.6 is 0 Å². The molecule has 0 unspecified atom stereocenters. The van der Waals surface area contributed by atoms with E-state index in [1.54, 1.807) is 12.1 Å². The van der Waals surface area contributed by atoms with E-state index in [1.165, 1.54) is 44.3 Å². The van der Waals surface area contributed by atoms with Crippen LogP contribution in [0.4, 0.5) is 5.69 Å². The summed E-state index contributed by atoms with van der Waals surface area (Å²) in [7, 11) is 2.80. The third-order valence-electron chi connectivity index (χ3n) is 4.58. The number of ether oxygens (including phenoxy) is 3. The van der Waals surface area contributed by atoms with Gasteiger partial charge in [-0.05, 0) is 67.1 Å². The molecule has 0 radical (unpaired) electrons. The lowest BCUT2D eigenvalue weighted by Crippen LogP contribution is -2.21. The summed E-state index contributed by atoms with van der Waals surface area (Å²) in [6.45, 7) is -0.135. The number of carbonyl (C=O) groups excluding carboxylic acids is 2. The number of rotatable bonds is 6. The van der Waals surface area contributed by atoms with Gasteiger partial charge in [-0.3, -0.25) is 4.79 Å². The molecule has 2 aromatic rings. The molecule has 0 atom stereocenters. The zero-order valence-corrected chi connectivity index (χ0v) is 15.5. The summed E-state index contributed by atoms with van der Waals surface area (Å²) in [6.07, 6.45) is 4.57. The summed E-state index contributed by atoms with van der Waals surface area (Å²) < 4.78 is 15.6. The van der Waals surface area contributed by atoms with Crippen LogP contribution in [0.25, 0.3) is 0 Å². The highest BCUT2D eigenvalue weighted by Gasteiger charge is 2.14. The number of hydrogen-bond acceptors (Lipinski definition) is 5. The Morgan fingerprint density at radius 2 is 1.78 bits per heavy atom. The van der Waals surface area contributed by atoms with Crippen LogP contribution < -0.4 is 14.8 Å². The first kappa shape index (κ1) is 18.8. The van der Waals surface area contributed by atoms with Gasteiger partial charge >= 0.3 is 5.97 Å². The second-order valence-corrected chi connectivity index (χ2v) is 6.38. The van der Waals surface area contributed by atoms with E-state index in [-0.39, 0.29) is 12.5 Å². The molecule has 1 aliphatic carbocycles. The van der Waals surface area contributed by atoms with Crippen LogP contribution in [0.3, 0.4) is 0 Å². The highest BCUT2D eigenvalue weighted by molar-refractivity contribution is 5.96. The Balaban J connectivity index is 1.64. The highest BCUT2D eigenvalue weighted by atomic mass is 16.5. The number of hydrogen-bond donors (Lipinski definition) is 1. The standard InChI is InChI=1S/C21H23NO5/c1-25-19-10-8-16(21(24)26-2)12-18(19)22-20(23)13-27-17-9-7-14-5-3-4-6-15(14)11-17/h7-12H,3-6,13H2,1-2H3,(H,22,23). The molecule has 0 fully saturated rings. The molecule has 1 N–H and O–H groups in total. The molecule has 0 aliphatic heterocycles. The van der Waals surface area contributed by atoms with Crippen molar-refractivity contribution in [1.29, 1.82) is 0 Å². The Morgan fingerprint density at radius 3 is 2.52 bits per heavy atom. The molecular weight excluding hydrogens is 346 g/mol. The van der Waals surface area contributed by atoms with Crippen LogP contribution in [0.5, 0.6) is 11.5 Å². The molecule has 0 spiro atoms. The van der Waals surface area contributed by atoms with E-state index in [2.05, 4.69) is 11.4 Å².